The normalized spacial score (nSPS) is 14.0. The van der Waals surface area contributed by atoms with E-state index in [1.165, 1.54) is 212 Å². The molecule has 0 heterocycles. The van der Waals surface area contributed by atoms with E-state index in [1.807, 2.05) is 0 Å². The summed E-state index contributed by atoms with van der Waals surface area (Å²) in [6.45, 7) is 7.21. The molecule has 0 aromatic carbocycles. The number of hydrogen-bond acceptors (Lipinski definition) is 15. The summed E-state index contributed by atoms with van der Waals surface area (Å²) in [6, 6.07) is 0. The van der Waals surface area contributed by atoms with Crippen molar-refractivity contribution in [3.63, 3.8) is 0 Å². The summed E-state index contributed by atoms with van der Waals surface area (Å²) in [5, 5.41) is 10.6. The number of phosphoric acid groups is 2. The number of phosphoric ester groups is 2. The Hall–Kier alpha value is -1.94. The molecule has 3 N–H and O–H groups in total. The third-order valence-electron chi connectivity index (χ3n) is 17.5. The van der Waals surface area contributed by atoms with E-state index in [4.69, 9.17) is 37.0 Å². The lowest BCUT2D eigenvalue weighted by atomic mass is 10.0. The number of ether oxygens (including phenoxy) is 4. The average molecular weight is 1380 g/mol. The Bertz CT molecular complexity index is 1810. The number of aliphatic hydroxyl groups is 1. The van der Waals surface area contributed by atoms with Crippen molar-refractivity contribution < 1.29 is 80.2 Å². The highest BCUT2D eigenvalue weighted by Crippen LogP contribution is 2.45. The van der Waals surface area contributed by atoms with Gasteiger partial charge in [0.15, 0.2) is 12.2 Å². The van der Waals surface area contributed by atoms with E-state index < -0.39 is 97.5 Å². The van der Waals surface area contributed by atoms with Gasteiger partial charge in [0.05, 0.1) is 26.4 Å². The van der Waals surface area contributed by atoms with Crippen molar-refractivity contribution in [3.05, 3.63) is 0 Å². The summed E-state index contributed by atoms with van der Waals surface area (Å²) in [4.78, 5) is 72.4. The van der Waals surface area contributed by atoms with Crippen LogP contribution in [0.15, 0.2) is 0 Å². The van der Waals surface area contributed by atoms with Crippen molar-refractivity contribution >= 4 is 39.5 Å². The van der Waals surface area contributed by atoms with Crippen LogP contribution in [-0.4, -0.2) is 96.7 Å². The van der Waals surface area contributed by atoms with E-state index in [-0.39, 0.29) is 25.7 Å². The highest BCUT2D eigenvalue weighted by atomic mass is 31.2. The lowest BCUT2D eigenvalue weighted by molar-refractivity contribution is -0.161. The van der Waals surface area contributed by atoms with Gasteiger partial charge in [-0.1, -0.05) is 343 Å². The molecule has 2 unspecified atom stereocenters. The number of esters is 4. The zero-order chi connectivity index (χ0) is 69.1. The van der Waals surface area contributed by atoms with E-state index in [2.05, 4.69) is 34.6 Å². The molecule has 0 fully saturated rings. The van der Waals surface area contributed by atoms with Crippen LogP contribution in [0.1, 0.15) is 394 Å². The van der Waals surface area contributed by atoms with Crippen molar-refractivity contribution in [3.8, 4) is 0 Å². The minimum absolute atomic E-state index is 0.106. The zero-order valence-corrected chi connectivity index (χ0v) is 62.9. The molecule has 0 aromatic heterocycles. The molecule has 0 radical (unpaired) electrons. The Balaban J connectivity index is 5.11. The first-order valence-corrected chi connectivity index (χ1v) is 42.1. The molecule has 94 heavy (non-hydrogen) atoms. The molecule has 0 saturated carbocycles. The molecular weight excluding hydrogens is 1230 g/mol. The smallest absolute Gasteiger partial charge is 0.462 e. The zero-order valence-electron chi connectivity index (χ0n) is 61.1. The topological polar surface area (TPSA) is 237 Å². The van der Waals surface area contributed by atoms with Gasteiger partial charge in [-0.05, 0) is 31.6 Å². The molecule has 0 saturated heterocycles. The van der Waals surface area contributed by atoms with Gasteiger partial charge in [-0.15, -0.1) is 0 Å². The molecule has 0 aromatic rings. The lowest BCUT2D eigenvalue weighted by Crippen LogP contribution is -2.30. The van der Waals surface area contributed by atoms with Gasteiger partial charge in [-0.3, -0.25) is 37.3 Å². The number of hydrogen-bond donors (Lipinski definition) is 3. The Morgan fingerprint density at radius 2 is 0.489 bits per heavy atom. The number of carbonyl (C=O) groups excluding carboxylic acids is 4. The van der Waals surface area contributed by atoms with E-state index >= 15 is 0 Å². The van der Waals surface area contributed by atoms with Crippen molar-refractivity contribution in [1.29, 1.82) is 0 Å². The van der Waals surface area contributed by atoms with Crippen LogP contribution < -0.4 is 0 Å². The van der Waals surface area contributed by atoms with E-state index in [0.717, 1.165) is 102 Å². The number of rotatable bonds is 75. The summed E-state index contributed by atoms with van der Waals surface area (Å²) in [5.41, 5.74) is 0. The Kier molecular flexibility index (Phi) is 66.8. The van der Waals surface area contributed by atoms with Gasteiger partial charge in [-0.2, -0.15) is 0 Å². The van der Waals surface area contributed by atoms with E-state index in [9.17, 15) is 43.2 Å². The fourth-order valence-corrected chi connectivity index (χ4v) is 13.1. The van der Waals surface area contributed by atoms with Crippen LogP contribution in [0.2, 0.25) is 0 Å². The molecule has 17 nitrogen and oxygen atoms in total. The standard InChI is InChI=1S/C75H146O17P2/c1-6-9-12-15-17-19-21-22-23-24-25-26-27-28-31-35-38-42-46-51-56-61-75(80)92-71(65-86-73(78)59-54-49-44-41-37-34-32-29-30-33-36-39-43-48-52-57-68(4)5)67-90-94(83,84)88-63-69(76)62-87-93(81,82)89-66-70(64-85-72(77)58-53-47-14-11-8-3)91-74(79)60-55-50-45-40-20-18-16-13-10-7-2/h68-71,76H,6-67H2,1-5H3,(H,81,82)(H,83,84)/t69-,70+,71+/m0/s1. The molecular formula is C75H146O17P2. The maximum absolute atomic E-state index is 13.1. The van der Waals surface area contributed by atoms with Gasteiger partial charge in [0.1, 0.15) is 19.3 Å². The molecule has 19 heteroatoms. The van der Waals surface area contributed by atoms with Gasteiger partial charge in [-0.25, -0.2) is 9.13 Å². The second-order valence-corrected chi connectivity index (χ2v) is 30.4. The first kappa shape index (κ1) is 92.1. The first-order chi connectivity index (χ1) is 45.5. The van der Waals surface area contributed by atoms with Crippen LogP contribution in [0.5, 0.6) is 0 Å². The highest BCUT2D eigenvalue weighted by molar-refractivity contribution is 7.47. The number of aliphatic hydroxyl groups excluding tert-OH is 1. The fraction of sp³-hybridized carbons (Fsp3) is 0.947. The first-order valence-electron chi connectivity index (χ1n) is 39.1. The summed E-state index contributed by atoms with van der Waals surface area (Å²) in [6.07, 6.45) is 57.5. The fourth-order valence-electron chi connectivity index (χ4n) is 11.5. The van der Waals surface area contributed by atoms with Crippen LogP contribution in [0.3, 0.4) is 0 Å². The van der Waals surface area contributed by atoms with Gasteiger partial charge in [0.25, 0.3) is 0 Å². The molecule has 0 amide bonds. The summed E-state index contributed by atoms with van der Waals surface area (Å²) in [7, 11) is -9.89. The molecule has 5 atom stereocenters. The number of carbonyl (C=O) groups is 4. The molecule has 558 valence electrons. The summed E-state index contributed by atoms with van der Waals surface area (Å²) < 4.78 is 68.2. The molecule has 0 aliphatic heterocycles. The van der Waals surface area contributed by atoms with Gasteiger partial charge >= 0.3 is 39.5 Å². The summed E-state index contributed by atoms with van der Waals surface area (Å²) >= 11 is 0. The monoisotopic (exact) mass is 1380 g/mol. The Labute approximate surface area is 575 Å². The number of unbranched alkanes of at least 4 members (excludes halogenated alkanes) is 47. The predicted octanol–water partition coefficient (Wildman–Crippen LogP) is 22.1. The minimum atomic E-state index is -4.95. The van der Waals surface area contributed by atoms with Crippen molar-refractivity contribution in [2.24, 2.45) is 5.92 Å². The second-order valence-electron chi connectivity index (χ2n) is 27.5. The lowest BCUT2D eigenvalue weighted by Gasteiger charge is -2.21. The third kappa shape index (κ3) is 68.6. The van der Waals surface area contributed by atoms with E-state index in [0.29, 0.717) is 25.7 Å². The van der Waals surface area contributed by atoms with Crippen LogP contribution in [0.4, 0.5) is 0 Å². The molecule has 0 rings (SSSR count). The van der Waals surface area contributed by atoms with Crippen molar-refractivity contribution in [2.75, 3.05) is 39.6 Å². The molecule has 0 aliphatic carbocycles. The van der Waals surface area contributed by atoms with Gasteiger partial charge in [0.2, 0.25) is 0 Å². The largest absolute Gasteiger partial charge is 0.472 e. The molecule has 0 spiro atoms. The third-order valence-corrected chi connectivity index (χ3v) is 19.4. The minimum Gasteiger partial charge on any atom is -0.462 e. The van der Waals surface area contributed by atoms with Crippen molar-refractivity contribution in [2.45, 2.75) is 412 Å². The van der Waals surface area contributed by atoms with Crippen LogP contribution in [0.25, 0.3) is 0 Å². The maximum atomic E-state index is 13.1. The predicted molar refractivity (Wildman–Crippen MR) is 382 cm³/mol. The second kappa shape index (κ2) is 68.2. The summed E-state index contributed by atoms with van der Waals surface area (Å²) in [5.74, 6) is -1.32. The highest BCUT2D eigenvalue weighted by Gasteiger charge is 2.30. The van der Waals surface area contributed by atoms with Gasteiger partial charge in [0, 0.05) is 25.7 Å². The average Bonchev–Trinajstić information content (AvgIpc) is 1.91. The maximum Gasteiger partial charge on any atom is 0.472 e. The quantitative estimate of drug-likeness (QED) is 0.0222. The SMILES string of the molecule is CCCCCCCCCCCCCCCCCCCCCCCC(=O)O[C@H](COC(=O)CCCCCCCCCCCCCCCCCC(C)C)COP(=O)(O)OC[C@@H](O)COP(=O)(O)OC[C@@H](COC(=O)CCCCCCC)OC(=O)CCCCCCCCCCCC. The van der Waals surface area contributed by atoms with Crippen LogP contribution >= 0.6 is 15.6 Å². The Morgan fingerprint density at radius 3 is 0.723 bits per heavy atom. The van der Waals surface area contributed by atoms with Gasteiger partial charge < -0.3 is 33.8 Å². The molecule has 0 aliphatic rings. The van der Waals surface area contributed by atoms with Crippen LogP contribution in [0, 0.1) is 5.92 Å². The van der Waals surface area contributed by atoms with E-state index in [1.54, 1.807) is 0 Å². The molecule has 0 bridgehead atoms. The van der Waals surface area contributed by atoms with Crippen LogP contribution in [-0.2, 0) is 65.4 Å². The van der Waals surface area contributed by atoms with Crippen molar-refractivity contribution in [1.82, 2.24) is 0 Å². The Morgan fingerprint density at radius 1 is 0.287 bits per heavy atom.